The van der Waals surface area contributed by atoms with E-state index >= 15 is 0 Å². The van der Waals surface area contributed by atoms with E-state index in [9.17, 15) is 9.59 Å². The molecular formula is C33H33N2O2. The number of allylic oxidation sites excluding steroid dienone is 5. The highest BCUT2D eigenvalue weighted by Crippen LogP contribution is 2.42. The number of hydrogen-bond donors (Lipinski definition) is 0. The maximum atomic E-state index is 13.4. The van der Waals surface area contributed by atoms with Crippen LogP contribution in [0.5, 0.6) is 0 Å². The van der Waals surface area contributed by atoms with E-state index in [1.807, 2.05) is 12.1 Å². The quantitative estimate of drug-likeness (QED) is 0.348. The van der Waals surface area contributed by atoms with Gasteiger partial charge >= 0.3 is 0 Å². The van der Waals surface area contributed by atoms with Crippen molar-refractivity contribution >= 4 is 22.6 Å². The molecule has 187 valence electrons. The fraction of sp³-hybridized carbons (Fsp3) is 0.242. The van der Waals surface area contributed by atoms with Crippen LogP contribution in [0.3, 0.4) is 0 Å². The fourth-order valence-electron chi connectivity index (χ4n) is 5.25. The minimum absolute atomic E-state index is 0.125. The van der Waals surface area contributed by atoms with E-state index in [2.05, 4.69) is 91.9 Å². The van der Waals surface area contributed by atoms with Crippen LogP contribution in [0.2, 0.25) is 0 Å². The maximum Gasteiger partial charge on any atom is 0.194 e. The third kappa shape index (κ3) is 4.76. The summed E-state index contributed by atoms with van der Waals surface area (Å²) in [5.74, 6) is 0.131. The van der Waals surface area contributed by atoms with Crippen molar-refractivity contribution < 1.29 is 4.79 Å². The van der Waals surface area contributed by atoms with E-state index in [1.54, 1.807) is 24.8 Å². The summed E-state index contributed by atoms with van der Waals surface area (Å²) in [6.07, 6.45) is 8.47. The van der Waals surface area contributed by atoms with E-state index < -0.39 is 0 Å². The van der Waals surface area contributed by atoms with Crippen molar-refractivity contribution in [3.8, 4) is 0 Å². The average Bonchev–Trinajstić information content (AvgIpc) is 3.75. The Bertz CT molecular complexity index is 1470. The van der Waals surface area contributed by atoms with Gasteiger partial charge in [0.2, 0.25) is 0 Å². The smallest absolute Gasteiger partial charge is 0.194 e. The van der Waals surface area contributed by atoms with Crippen LogP contribution in [0.15, 0.2) is 95.4 Å². The summed E-state index contributed by atoms with van der Waals surface area (Å²) in [6, 6.07) is 22.6. The second-order valence-corrected chi connectivity index (χ2v) is 10.1. The summed E-state index contributed by atoms with van der Waals surface area (Å²) in [6.45, 7) is 7.31. The molecule has 5 rings (SSSR count). The van der Waals surface area contributed by atoms with E-state index in [4.69, 9.17) is 0 Å². The maximum absolute atomic E-state index is 13.4. The van der Waals surface area contributed by atoms with Crippen molar-refractivity contribution in [3.05, 3.63) is 130 Å². The van der Waals surface area contributed by atoms with E-state index in [1.165, 1.54) is 0 Å². The van der Waals surface area contributed by atoms with Gasteiger partial charge in [0.15, 0.2) is 11.2 Å². The van der Waals surface area contributed by atoms with Crippen molar-refractivity contribution in [2.24, 2.45) is 5.92 Å². The Kier molecular flexibility index (Phi) is 6.84. The Labute approximate surface area is 219 Å². The van der Waals surface area contributed by atoms with Gasteiger partial charge in [-0.05, 0) is 29.0 Å². The molecule has 3 aromatic rings. The third-order valence-electron chi connectivity index (χ3n) is 7.19. The number of carbonyl (C=O) groups excluding carboxylic acids is 1. The van der Waals surface area contributed by atoms with Gasteiger partial charge < -0.3 is 9.47 Å². The molecule has 0 spiro atoms. The number of fused-ring (bicyclic) bond motifs is 1. The van der Waals surface area contributed by atoms with Gasteiger partial charge in [-0.1, -0.05) is 93.6 Å². The third-order valence-corrected chi connectivity index (χ3v) is 7.19. The van der Waals surface area contributed by atoms with Crippen molar-refractivity contribution in [1.29, 1.82) is 0 Å². The fourth-order valence-corrected chi connectivity index (χ4v) is 5.25. The van der Waals surface area contributed by atoms with Gasteiger partial charge in [0.05, 0.1) is 23.0 Å². The second kappa shape index (κ2) is 10.2. The van der Waals surface area contributed by atoms with Crippen LogP contribution in [0.4, 0.5) is 0 Å². The first-order valence-corrected chi connectivity index (χ1v) is 13.0. The molecule has 2 aliphatic rings. The lowest BCUT2D eigenvalue weighted by molar-refractivity contribution is 0.103. The van der Waals surface area contributed by atoms with Crippen LogP contribution < -0.4 is 5.43 Å². The molecule has 1 atom stereocenters. The zero-order valence-corrected chi connectivity index (χ0v) is 21.9. The van der Waals surface area contributed by atoms with Gasteiger partial charge in [-0.2, -0.15) is 0 Å². The summed E-state index contributed by atoms with van der Waals surface area (Å²) in [5.41, 5.74) is 6.91. The van der Waals surface area contributed by atoms with E-state index in [0.717, 1.165) is 46.6 Å². The molecule has 0 unspecified atom stereocenters. The van der Waals surface area contributed by atoms with Crippen LogP contribution in [0.1, 0.15) is 60.4 Å². The summed E-state index contributed by atoms with van der Waals surface area (Å²) < 4.78 is 2.18. The normalized spacial score (nSPS) is 18.4. The van der Waals surface area contributed by atoms with Gasteiger partial charge in [0, 0.05) is 43.4 Å². The molecule has 0 amide bonds. The molecule has 4 heteroatoms. The molecular weight excluding hydrogens is 456 g/mol. The summed E-state index contributed by atoms with van der Waals surface area (Å²) >= 11 is 0. The number of aromatic nitrogens is 1. The molecule has 1 aliphatic heterocycles. The Morgan fingerprint density at radius 3 is 2.22 bits per heavy atom. The molecule has 37 heavy (non-hydrogen) atoms. The summed E-state index contributed by atoms with van der Waals surface area (Å²) in [4.78, 5) is 28.6. The summed E-state index contributed by atoms with van der Waals surface area (Å²) in [5, 5.41) is 0. The number of carbonyl (C=O) groups is 1. The molecule has 0 fully saturated rings. The van der Waals surface area contributed by atoms with Crippen molar-refractivity contribution in [1.82, 2.24) is 9.47 Å². The largest absolute Gasteiger partial charge is 0.370 e. The predicted molar refractivity (Wildman–Crippen MR) is 152 cm³/mol. The number of benzene rings is 2. The van der Waals surface area contributed by atoms with Gasteiger partial charge in [0.1, 0.15) is 0 Å². The highest BCUT2D eigenvalue weighted by molar-refractivity contribution is 6.15. The van der Waals surface area contributed by atoms with Crippen molar-refractivity contribution in [3.63, 3.8) is 0 Å². The average molecular weight is 490 g/mol. The number of ketones is 1. The number of hydrogen-bond acceptors (Lipinski definition) is 3. The molecule has 0 bridgehead atoms. The molecule has 1 aliphatic carbocycles. The molecule has 0 saturated heterocycles. The molecule has 1 aromatic heterocycles. The van der Waals surface area contributed by atoms with Gasteiger partial charge in [-0.15, -0.1) is 0 Å². The van der Waals surface area contributed by atoms with Crippen LogP contribution in [-0.2, 0) is 0 Å². The predicted octanol–water partition coefficient (Wildman–Crippen LogP) is 6.68. The molecule has 4 nitrogen and oxygen atoms in total. The molecule has 2 heterocycles. The lowest BCUT2D eigenvalue weighted by atomic mass is 9.87. The first-order valence-electron chi connectivity index (χ1n) is 13.0. The minimum Gasteiger partial charge on any atom is -0.370 e. The Hall–Kier alpha value is -3.92. The highest BCUT2D eigenvalue weighted by atomic mass is 16.1. The van der Waals surface area contributed by atoms with Crippen molar-refractivity contribution in [2.45, 2.75) is 33.2 Å². The van der Waals surface area contributed by atoms with E-state index in [0.29, 0.717) is 11.5 Å². The number of likely N-dealkylation sites (N-methyl/N-ethyl adjacent to an activating group) is 1. The lowest BCUT2D eigenvalue weighted by Gasteiger charge is -2.41. The Morgan fingerprint density at radius 2 is 1.65 bits per heavy atom. The lowest BCUT2D eigenvalue weighted by Crippen LogP contribution is -2.39. The Morgan fingerprint density at radius 1 is 1.03 bits per heavy atom. The van der Waals surface area contributed by atoms with Crippen LogP contribution >= 0.6 is 0 Å². The van der Waals surface area contributed by atoms with E-state index in [-0.39, 0.29) is 22.8 Å². The zero-order valence-electron chi connectivity index (χ0n) is 21.9. The molecule has 0 saturated carbocycles. The highest BCUT2D eigenvalue weighted by Gasteiger charge is 2.33. The van der Waals surface area contributed by atoms with Crippen LogP contribution in [0.25, 0.3) is 16.8 Å². The number of rotatable bonds is 7. The SMILES string of the molecule is CC/C=C(/C(=C1/c2cc(=O)c(C(=O)C3=C[CH]3)cn2[C@H](C(C)C)CN1C)c1ccccc1)c1ccccc1. The summed E-state index contributed by atoms with van der Waals surface area (Å²) in [7, 11) is 2.11. The molecule has 2 aromatic carbocycles. The first-order chi connectivity index (χ1) is 17.9. The van der Waals surface area contributed by atoms with Crippen molar-refractivity contribution in [2.75, 3.05) is 13.6 Å². The Balaban J connectivity index is 1.85. The van der Waals surface area contributed by atoms with Crippen LogP contribution in [-0.4, -0.2) is 28.8 Å². The number of Topliss-reactive ketones (excluding diaryl/α,β-unsaturated/α-hetero) is 1. The number of pyridine rings is 1. The second-order valence-electron chi connectivity index (χ2n) is 10.1. The zero-order chi connectivity index (χ0) is 26.1. The standard InChI is InChI=1S/C33H33N2O2/c1-5-12-26(23-13-8-6-9-14-23)31(24-15-10-7-11-16-24)32-28-19-30(36)27(33(37)25-17-18-25)20-35(28)29(22(2)3)21-34(32)4/h6-20,22,29H,5,21H2,1-4H3/b26-12+,32-31-/t29-/m0/s1. The first kappa shape index (κ1) is 24.8. The molecule has 1 radical (unpaired) electrons. The minimum atomic E-state index is -0.235. The van der Waals surface area contributed by atoms with Gasteiger partial charge in [-0.25, -0.2) is 0 Å². The topological polar surface area (TPSA) is 42.3 Å². The molecule has 0 N–H and O–H groups in total. The van der Waals surface area contributed by atoms with Gasteiger partial charge in [-0.3, -0.25) is 9.59 Å². The monoisotopic (exact) mass is 489 g/mol. The van der Waals surface area contributed by atoms with Crippen LogP contribution in [0, 0.1) is 12.3 Å². The number of nitrogens with zero attached hydrogens (tertiary/aromatic N) is 2. The van der Waals surface area contributed by atoms with Gasteiger partial charge in [0.25, 0.3) is 0 Å².